The Morgan fingerprint density at radius 3 is 2.77 bits per heavy atom. The number of thiazole rings is 1. The van der Waals surface area contributed by atoms with Crippen molar-refractivity contribution < 1.29 is 5.11 Å². The Kier molecular flexibility index (Phi) is 4.39. The number of hydrogen-bond donors (Lipinski definition) is 1. The summed E-state index contributed by atoms with van der Waals surface area (Å²) in [6, 6.07) is 0. The highest BCUT2D eigenvalue weighted by Crippen LogP contribution is 2.16. The van der Waals surface area contributed by atoms with Crippen LogP contribution in [0.1, 0.15) is 26.0 Å². The van der Waals surface area contributed by atoms with Crippen molar-refractivity contribution in [3.63, 3.8) is 0 Å². The van der Waals surface area contributed by atoms with Crippen LogP contribution in [0.25, 0.3) is 0 Å². The fraction of sp³-hybridized carbons (Fsp3) is 0.700. The topological polar surface area (TPSA) is 33.1 Å². The molecular weight excluding hydrogens is 182 g/mol. The molecule has 0 spiro atoms. The lowest BCUT2D eigenvalue weighted by atomic mass is 9.94. The van der Waals surface area contributed by atoms with Crippen molar-refractivity contribution in [1.29, 1.82) is 0 Å². The van der Waals surface area contributed by atoms with Gasteiger partial charge < -0.3 is 5.11 Å². The normalized spacial score (nSPS) is 13.5. The van der Waals surface area contributed by atoms with E-state index in [9.17, 15) is 0 Å². The average Bonchev–Trinajstić information content (AvgIpc) is 2.55. The Labute approximate surface area is 83.6 Å². The number of aliphatic hydroxyl groups excluding tert-OH is 1. The maximum Gasteiger partial charge on any atom is 0.0794 e. The maximum atomic E-state index is 9.15. The highest BCUT2D eigenvalue weighted by molar-refractivity contribution is 7.07. The van der Waals surface area contributed by atoms with Crippen molar-refractivity contribution >= 4 is 11.3 Å². The van der Waals surface area contributed by atoms with Crippen LogP contribution < -0.4 is 0 Å². The first-order valence-corrected chi connectivity index (χ1v) is 5.64. The molecule has 1 rings (SSSR count). The molecule has 1 unspecified atom stereocenters. The number of hydrogen-bond acceptors (Lipinski definition) is 3. The summed E-state index contributed by atoms with van der Waals surface area (Å²) in [6.07, 6.45) is 1.99. The molecular formula is C10H17NOS. The fourth-order valence-corrected chi connectivity index (χ4v) is 2.09. The van der Waals surface area contributed by atoms with Gasteiger partial charge in [-0.1, -0.05) is 13.8 Å². The van der Waals surface area contributed by atoms with Gasteiger partial charge in [-0.15, -0.1) is 11.3 Å². The van der Waals surface area contributed by atoms with Crippen LogP contribution in [0.5, 0.6) is 0 Å². The third-order valence-corrected chi connectivity index (χ3v) is 2.68. The molecule has 0 amide bonds. The maximum absolute atomic E-state index is 9.15. The summed E-state index contributed by atoms with van der Waals surface area (Å²) >= 11 is 1.62. The van der Waals surface area contributed by atoms with Gasteiger partial charge in [0.2, 0.25) is 0 Å². The smallest absolute Gasteiger partial charge is 0.0794 e. The van der Waals surface area contributed by atoms with E-state index in [0.29, 0.717) is 11.8 Å². The van der Waals surface area contributed by atoms with E-state index in [2.05, 4.69) is 24.2 Å². The van der Waals surface area contributed by atoms with Gasteiger partial charge >= 0.3 is 0 Å². The van der Waals surface area contributed by atoms with E-state index >= 15 is 0 Å². The standard InChI is InChI=1S/C10H17NOS/c1-8(2)3-9(5-12)4-10-6-13-7-11-10/h6-9,12H,3-5H2,1-2H3. The molecule has 13 heavy (non-hydrogen) atoms. The van der Waals surface area contributed by atoms with Gasteiger partial charge in [0.25, 0.3) is 0 Å². The Morgan fingerprint density at radius 2 is 2.31 bits per heavy atom. The Balaban J connectivity index is 2.40. The summed E-state index contributed by atoms with van der Waals surface area (Å²) in [7, 11) is 0. The third-order valence-electron chi connectivity index (χ3n) is 2.04. The zero-order valence-electron chi connectivity index (χ0n) is 8.23. The predicted molar refractivity (Wildman–Crippen MR) is 55.8 cm³/mol. The molecule has 1 heterocycles. The summed E-state index contributed by atoms with van der Waals surface area (Å²) in [5.41, 5.74) is 2.96. The van der Waals surface area contributed by atoms with Crippen LogP contribution in [0.15, 0.2) is 10.9 Å². The zero-order valence-corrected chi connectivity index (χ0v) is 9.05. The van der Waals surface area contributed by atoms with E-state index in [-0.39, 0.29) is 6.61 Å². The van der Waals surface area contributed by atoms with Gasteiger partial charge in [-0.05, 0) is 24.7 Å². The van der Waals surface area contributed by atoms with Gasteiger partial charge in [0.1, 0.15) is 0 Å². The van der Waals surface area contributed by atoms with E-state index in [4.69, 9.17) is 5.11 Å². The third kappa shape index (κ3) is 3.87. The molecule has 0 aromatic carbocycles. The minimum atomic E-state index is 0.274. The largest absolute Gasteiger partial charge is 0.396 e. The van der Waals surface area contributed by atoms with Crippen LogP contribution >= 0.6 is 11.3 Å². The van der Waals surface area contributed by atoms with Crippen LogP contribution in [0.3, 0.4) is 0 Å². The molecule has 0 aliphatic heterocycles. The predicted octanol–water partition coefficient (Wildman–Crippen LogP) is 2.34. The van der Waals surface area contributed by atoms with E-state index in [1.807, 2.05) is 5.51 Å². The summed E-state index contributed by atoms with van der Waals surface area (Å²) in [5, 5.41) is 11.2. The van der Waals surface area contributed by atoms with Gasteiger partial charge in [-0.25, -0.2) is 4.98 Å². The van der Waals surface area contributed by atoms with Crippen LogP contribution in [-0.2, 0) is 6.42 Å². The number of nitrogens with zero attached hydrogens (tertiary/aromatic N) is 1. The van der Waals surface area contributed by atoms with Crippen LogP contribution in [0.2, 0.25) is 0 Å². The van der Waals surface area contributed by atoms with Crippen molar-refractivity contribution in [3.05, 3.63) is 16.6 Å². The van der Waals surface area contributed by atoms with Crippen molar-refractivity contribution in [2.45, 2.75) is 26.7 Å². The van der Waals surface area contributed by atoms with E-state index in [0.717, 1.165) is 18.5 Å². The van der Waals surface area contributed by atoms with Crippen molar-refractivity contribution in [2.24, 2.45) is 11.8 Å². The summed E-state index contributed by atoms with van der Waals surface area (Å²) in [5.74, 6) is 1.03. The highest BCUT2D eigenvalue weighted by atomic mass is 32.1. The lowest BCUT2D eigenvalue weighted by Crippen LogP contribution is -2.12. The minimum absolute atomic E-state index is 0.274. The number of aliphatic hydroxyl groups is 1. The summed E-state index contributed by atoms with van der Waals surface area (Å²) in [6.45, 7) is 4.64. The molecule has 0 fully saturated rings. The average molecular weight is 199 g/mol. The molecule has 0 aliphatic carbocycles. The zero-order chi connectivity index (χ0) is 9.68. The van der Waals surface area contributed by atoms with E-state index in [1.165, 1.54) is 0 Å². The molecule has 1 aromatic rings. The van der Waals surface area contributed by atoms with Crippen molar-refractivity contribution in [2.75, 3.05) is 6.61 Å². The molecule has 3 heteroatoms. The first kappa shape index (κ1) is 10.7. The Hall–Kier alpha value is -0.410. The Morgan fingerprint density at radius 1 is 1.54 bits per heavy atom. The second kappa shape index (κ2) is 5.35. The molecule has 1 atom stereocenters. The van der Waals surface area contributed by atoms with Crippen molar-refractivity contribution in [1.82, 2.24) is 4.98 Å². The molecule has 0 bridgehead atoms. The summed E-state index contributed by atoms with van der Waals surface area (Å²) < 4.78 is 0. The van der Waals surface area contributed by atoms with Crippen molar-refractivity contribution in [3.8, 4) is 0 Å². The van der Waals surface area contributed by atoms with Crippen LogP contribution in [0.4, 0.5) is 0 Å². The van der Waals surface area contributed by atoms with E-state index < -0.39 is 0 Å². The second-order valence-electron chi connectivity index (χ2n) is 3.86. The molecule has 0 saturated carbocycles. The minimum Gasteiger partial charge on any atom is -0.396 e. The Bertz CT molecular complexity index is 221. The lowest BCUT2D eigenvalue weighted by Gasteiger charge is -2.14. The molecule has 0 radical (unpaired) electrons. The quantitative estimate of drug-likeness (QED) is 0.789. The molecule has 74 valence electrons. The monoisotopic (exact) mass is 199 g/mol. The van der Waals surface area contributed by atoms with Gasteiger partial charge in [-0.2, -0.15) is 0 Å². The fourth-order valence-electron chi connectivity index (χ4n) is 1.52. The van der Waals surface area contributed by atoms with Gasteiger partial charge in [0, 0.05) is 12.0 Å². The second-order valence-corrected chi connectivity index (χ2v) is 4.58. The number of aromatic nitrogens is 1. The first-order valence-electron chi connectivity index (χ1n) is 4.70. The first-order chi connectivity index (χ1) is 6.22. The van der Waals surface area contributed by atoms with Gasteiger partial charge in [0.05, 0.1) is 11.2 Å². The molecule has 1 aromatic heterocycles. The SMILES string of the molecule is CC(C)CC(CO)Cc1cscn1. The van der Waals surface area contributed by atoms with Gasteiger partial charge in [-0.3, -0.25) is 0 Å². The summed E-state index contributed by atoms with van der Waals surface area (Å²) in [4.78, 5) is 4.22. The lowest BCUT2D eigenvalue weighted by molar-refractivity contribution is 0.204. The number of rotatable bonds is 5. The van der Waals surface area contributed by atoms with E-state index in [1.54, 1.807) is 11.3 Å². The molecule has 1 N–H and O–H groups in total. The molecule has 2 nitrogen and oxygen atoms in total. The van der Waals surface area contributed by atoms with Crippen LogP contribution in [-0.4, -0.2) is 16.7 Å². The van der Waals surface area contributed by atoms with Gasteiger partial charge in [0.15, 0.2) is 0 Å². The molecule has 0 aliphatic rings. The molecule has 0 saturated heterocycles. The highest BCUT2D eigenvalue weighted by Gasteiger charge is 2.11. The van der Waals surface area contributed by atoms with Crippen LogP contribution in [0, 0.1) is 11.8 Å².